The van der Waals surface area contributed by atoms with Crippen LogP contribution < -0.4 is 18.9 Å². The van der Waals surface area contributed by atoms with Gasteiger partial charge >= 0.3 is 5.97 Å². The van der Waals surface area contributed by atoms with E-state index in [4.69, 9.17) is 28.7 Å². The van der Waals surface area contributed by atoms with Crippen LogP contribution in [0.2, 0.25) is 0 Å². The fourth-order valence-corrected chi connectivity index (χ4v) is 10.3. The lowest BCUT2D eigenvalue weighted by Gasteiger charge is -2.35. The van der Waals surface area contributed by atoms with Crippen molar-refractivity contribution in [2.75, 3.05) is 13.7 Å². The van der Waals surface area contributed by atoms with Gasteiger partial charge in [-0.3, -0.25) is 28.9 Å². The van der Waals surface area contributed by atoms with Gasteiger partial charge < -0.3 is 28.6 Å². The third-order valence-electron chi connectivity index (χ3n) is 14.0. The molecule has 7 atom stereocenters. The average molecular weight is 967 g/mol. The van der Waals surface area contributed by atoms with Gasteiger partial charge in [-0.05, 0) is 128 Å². The van der Waals surface area contributed by atoms with E-state index in [1.54, 1.807) is 51.4 Å². The van der Waals surface area contributed by atoms with Gasteiger partial charge in [-0.2, -0.15) is 0 Å². The molecule has 3 aromatic rings. The Bertz CT molecular complexity index is 2540. The number of ketones is 1. The number of hydrogen-bond donors (Lipinski definition) is 1. The molecule has 15 nitrogen and oxygen atoms in total. The molecule has 18 heteroatoms. The Hall–Kier alpha value is -5.23. The number of sulfonamides is 1. The maximum absolute atomic E-state index is 15.3. The number of hydrogen-bond acceptors (Lipinski definition) is 13. The predicted octanol–water partition coefficient (Wildman–Crippen LogP) is 7.92. The van der Waals surface area contributed by atoms with Gasteiger partial charge in [0.05, 0.1) is 78.1 Å². The quantitative estimate of drug-likeness (QED) is 0.121. The second kappa shape index (κ2) is 19.3. The van der Waals surface area contributed by atoms with E-state index in [2.05, 4.69) is 9.71 Å². The number of nitrogens with one attached hydrogen (secondary N) is 1. The second-order valence-corrected chi connectivity index (χ2v) is 22.2. The molecule has 0 bridgehead atoms. The highest BCUT2D eigenvalue weighted by Gasteiger charge is 2.63. The van der Waals surface area contributed by atoms with E-state index in [1.165, 1.54) is 4.90 Å². The summed E-state index contributed by atoms with van der Waals surface area (Å²) in [7, 11) is -2.52. The van der Waals surface area contributed by atoms with Crippen LogP contribution in [0.1, 0.15) is 113 Å². The molecule has 370 valence electrons. The lowest BCUT2D eigenvalue weighted by Crippen LogP contribution is -2.50. The molecule has 2 aliphatic carbocycles. The van der Waals surface area contributed by atoms with Gasteiger partial charge in [0, 0.05) is 25.2 Å². The maximum atomic E-state index is 15.3. The number of allylic oxidation sites excluding steroid dienone is 2. The van der Waals surface area contributed by atoms with Crippen LogP contribution in [0, 0.1) is 17.3 Å². The van der Waals surface area contributed by atoms with Crippen LogP contribution in [-0.4, -0.2) is 107 Å². The molecule has 0 unspecified atom stereocenters. The lowest BCUT2D eigenvalue weighted by atomic mass is 9.90. The molecule has 0 radical (unpaired) electrons. The normalized spacial score (nSPS) is 27.0. The number of alkyl halides is 2. The first-order chi connectivity index (χ1) is 31.9. The van der Waals surface area contributed by atoms with E-state index in [0.29, 0.717) is 66.3 Å². The molecule has 1 aromatic carbocycles. The number of fused-ring (bicyclic) bond motifs is 3. The number of nitrogens with zero attached hydrogens (tertiary/aromatic N) is 3. The van der Waals surface area contributed by atoms with Crippen LogP contribution >= 0.6 is 0 Å². The van der Waals surface area contributed by atoms with Crippen molar-refractivity contribution in [2.24, 2.45) is 17.3 Å². The van der Waals surface area contributed by atoms with Crippen molar-refractivity contribution in [1.82, 2.24) is 19.6 Å². The highest BCUT2D eigenvalue weighted by Crippen LogP contribution is 2.58. The SMILES string of the molecule is CC[C@@H]1O[C@H](C)CC/C=C\[C@@H]2C[C@@]2(C(=O)NS(=O)(=O)C2(C)CC2)CC(=O)[C@@H]2C[C@@H](Oc3nc(-c4ccc(OC(C)C)cn4)cc4cc(OC)ccc34)CN2C(=O)[C@H]1CC(=O)OC(C)(C)C(C)(F)F. The van der Waals surface area contributed by atoms with Gasteiger partial charge in [0.1, 0.15) is 17.6 Å². The van der Waals surface area contributed by atoms with Crippen molar-refractivity contribution in [2.45, 2.75) is 160 Å². The molecule has 7 rings (SSSR count). The van der Waals surface area contributed by atoms with Crippen molar-refractivity contribution in [3.63, 3.8) is 0 Å². The monoisotopic (exact) mass is 966 g/mol. The zero-order valence-electron chi connectivity index (χ0n) is 40.3. The van der Waals surface area contributed by atoms with E-state index in [1.807, 2.05) is 45.1 Å². The van der Waals surface area contributed by atoms with Crippen LogP contribution in [0.3, 0.4) is 0 Å². The molecular weight excluding hydrogens is 903 g/mol. The van der Waals surface area contributed by atoms with Crippen LogP contribution in [0.15, 0.2) is 54.7 Å². The first-order valence-electron chi connectivity index (χ1n) is 23.5. The fourth-order valence-electron chi connectivity index (χ4n) is 8.99. The summed E-state index contributed by atoms with van der Waals surface area (Å²) in [4.78, 5) is 69.0. The van der Waals surface area contributed by atoms with Crippen LogP contribution in [0.4, 0.5) is 8.78 Å². The number of Topliss-reactive ketones (excluding diaryl/α,β-unsaturated/α-hetero) is 1. The number of ether oxygens (including phenoxy) is 5. The largest absolute Gasteiger partial charge is 0.497 e. The fraction of sp³-hybridized carbons (Fsp3) is 0.600. The molecule has 2 aromatic heterocycles. The number of aromatic nitrogens is 2. The first kappa shape index (κ1) is 50.6. The first-order valence-corrected chi connectivity index (χ1v) is 25.0. The van der Waals surface area contributed by atoms with Crippen molar-refractivity contribution in [3.8, 4) is 28.8 Å². The average Bonchev–Trinajstić information content (AvgIpc) is 4.15. The van der Waals surface area contributed by atoms with E-state index in [9.17, 15) is 31.6 Å². The minimum Gasteiger partial charge on any atom is -0.497 e. The molecule has 3 fully saturated rings. The van der Waals surface area contributed by atoms with E-state index in [0.717, 1.165) is 13.8 Å². The van der Waals surface area contributed by atoms with Gasteiger partial charge in [-0.15, -0.1) is 0 Å². The lowest BCUT2D eigenvalue weighted by molar-refractivity contribution is -0.198. The maximum Gasteiger partial charge on any atom is 0.307 e. The summed E-state index contributed by atoms with van der Waals surface area (Å²) in [6.07, 6.45) is 4.13. The van der Waals surface area contributed by atoms with Crippen LogP contribution in [-0.2, 0) is 38.7 Å². The highest BCUT2D eigenvalue weighted by molar-refractivity contribution is 7.91. The summed E-state index contributed by atoms with van der Waals surface area (Å²) in [6.45, 7) is 11.6. The molecule has 4 heterocycles. The summed E-state index contributed by atoms with van der Waals surface area (Å²) in [5, 5.41) is 1.29. The number of methoxy groups -OCH3 is 1. The Morgan fingerprint density at radius 2 is 1.78 bits per heavy atom. The molecular formula is C50H64F2N4O11S. The topological polar surface area (TPSA) is 190 Å². The third kappa shape index (κ3) is 10.8. The minimum atomic E-state index is -4.06. The van der Waals surface area contributed by atoms with Crippen molar-refractivity contribution < 1.29 is 60.1 Å². The Kier molecular flexibility index (Phi) is 14.4. The predicted molar refractivity (Wildman–Crippen MR) is 249 cm³/mol. The molecule has 4 aliphatic rings. The van der Waals surface area contributed by atoms with Gasteiger partial charge in [-0.25, -0.2) is 22.2 Å². The van der Waals surface area contributed by atoms with Gasteiger partial charge in [0.25, 0.3) is 5.92 Å². The van der Waals surface area contributed by atoms with Crippen molar-refractivity contribution >= 4 is 44.4 Å². The summed E-state index contributed by atoms with van der Waals surface area (Å²) < 4.78 is 87.1. The number of esters is 1. The summed E-state index contributed by atoms with van der Waals surface area (Å²) in [5.41, 5.74) is -2.67. The van der Waals surface area contributed by atoms with Gasteiger partial charge in [-0.1, -0.05) is 19.1 Å². The standard InChI is InChI=1S/C50H64F2N4O11S/c1-10-42-37(24-43(58)67-47(5,6)49(8,51)52)45(59)56-28-35(66-44-36-17-15-33(63-9)21-31(36)22-39(54-44)38-18-16-34(27-53-38)64-29(2)3)23-40(56)41(57)26-50(25-32(50)14-12-11-13-30(4)65-42)46(60)55-68(61,62)48(7)19-20-48/h12,14-18,21-22,27,29-30,32,35,37,40,42H,10-11,13,19-20,23-26,28H2,1-9H3,(H,55,60)/b14-12-/t30-,32-,35-,37+,40+,42+,50-/m1/s1. The zero-order chi connectivity index (χ0) is 49.6. The van der Waals surface area contributed by atoms with Crippen LogP contribution in [0.25, 0.3) is 22.2 Å². The minimum absolute atomic E-state index is 0.0670. The number of amides is 2. The molecule has 1 N–H and O–H groups in total. The summed E-state index contributed by atoms with van der Waals surface area (Å²) in [5.74, 6) is -6.87. The Balaban J connectivity index is 1.28. The van der Waals surface area contributed by atoms with Crippen LogP contribution in [0.5, 0.6) is 17.4 Å². The molecule has 2 aliphatic heterocycles. The second-order valence-electron chi connectivity index (χ2n) is 20.0. The molecule has 0 spiro atoms. The number of halogens is 2. The molecule has 2 amide bonds. The number of benzene rings is 1. The number of rotatable bonds is 14. The van der Waals surface area contributed by atoms with E-state index < -0.39 is 104 Å². The Morgan fingerprint density at radius 3 is 2.41 bits per heavy atom. The summed E-state index contributed by atoms with van der Waals surface area (Å²) in [6, 6.07) is 9.51. The Labute approximate surface area is 397 Å². The van der Waals surface area contributed by atoms with Crippen molar-refractivity contribution in [1.29, 1.82) is 0 Å². The van der Waals surface area contributed by atoms with E-state index >= 15 is 4.79 Å². The molecule has 68 heavy (non-hydrogen) atoms. The zero-order valence-corrected chi connectivity index (χ0v) is 41.1. The number of pyridine rings is 2. The smallest absolute Gasteiger partial charge is 0.307 e. The molecule has 1 saturated heterocycles. The number of carbonyl (C=O) groups excluding carboxylic acids is 4. The van der Waals surface area contributed by atoms with Crippen molar-refractivity contribution in [3.05, 3.63) is 54.7 Å². The van der Waals surface area contributed by atoms with Gasteiger partial charge in [0.2, 0.25) is 27.7 Å². The molecule has 2 saturated carbocycles. The van der Waals surface area contributed by atoms with E-state index in [-0.39, 0.29) is 37.8 Å². The number of carbonyl (C=O) groups is 4. The third-order valence-corrected chi connectivity index (χ3v) is 16.1. The highest BCUT2D eigenvalue weighted by atomic mass is 32.2. The van der Waals surface area contributed by atoms with Gasteiger partial charge in [0.15, 0.2) is 11.4 Å². The Morgan fingerprint density at radius 1 is 1.06 bits per heavy atom. The summed E-state index contributed by atoms with van der Waals surface area (Å²) >= 11 is 0.